The fourth-order valence-corrected chi connectivity index (χ4v) is 13.7. The molecule has 9 unspecified atom stereocenters. The SMILES string of the molecule is CCC(=O)O[C@H](CC)CC(=O)NC1[C@H](OCCNC(=O)CCC(=O)NCCO[C@@H]2OC(CO)[C@@H](O[C@@H]3OC(CO)[C@H](O)[C@H](O[C@]4(C(=O)O)C[C@@H](O)[C@@H](NC(=O)Cc5ccccc5)C([C@H](O)[C@H](O)CO)O4)C3O)[C@H](O)C2O)OC(CO[C@@H]2OC(CO)[C@@H](OP(=O)(O)O)[C@H](OC(=O)CC)C2NC(=O)C[C@@H](CC)OC(=O)CC)[C@@H](O)[C@@H]1OC(=O)CC. The van der Waals surface area contributed by atoms with E-state index in [4.69, 9.17) is 70.8 Å². The Bertz CT molecular complexity index is 3430. The van der Waals surface area contributed by atoms with Gasteiger partial charge in [0.15, 0.2) is 37.4 Å². The largest absolute Gasteiger partial charge is 0.477 e. The molecule has 1 aromatic rings. The topological polar surface area (TPSA) is 690 Å². The van der Waals surface area contributed by atoms with Crippen LogP contribution in [0.3, 0.4) is 0 Å². The third-order valence-corrected chi connectivity index (χ3v) is 20.0. The Labute approximate surface area is 676 Å². The number of hydrogen-bond acceptors (Lipinski definition) is 38. The van der Waals surface area contributed by atoms with E-state index < -0.39 is 317 Å². The number of nitrogens with one attached hydrogen (secondary N) is 5. The highest BCUT2D eigenvalue weighted by Gasteiger charge is 2.61. The molecule has 1 aromatic carbocycles. The smallest absolute Gasteiger partial charge is 0.470 e. The molecule has 0 aliphatic carbocycles. The number of carboxylic acid groups (broad SMARTS) is 1. The van der Waals surface area contributed by atoms with Crippen molar-refractivity contribution in [2.24, 2.45) is 0 Å². The zero-order chi connectivity index (χ0) is 87.5. The number of carbonyl (C=O) groups is 10. The summed E-state index contributed by atoms with van der Waals surface area (Å²) >= 11 is 0. The first-order chi connectivity index (χ1) is 56.0. The number of hydrogen-bond donors (Lipinski definition) is 20. The molecule has 5 saturated heterocycles. The third-order valence-electron chi connectivity index (χ3n) is 19.5. The van der Waals surface area contributed by atoms with Gasteiger partial charge in [0.2, 0.25) is 29.5 Å². The molecule has 5 amide bonds. The first kappa shape index (κ1) is 100.0. The zero-order valence-corrected chi connectivity index (χ0v) is 66.5. The van der Waals surface area contributed by atoms with Crippen LogP contribution in [-0.2, 0) is 130 Å². The maximum Gasteiger partial charge on any atom is 0.470 e. The Hall–Kier alpha value is -6.85. The van der Waals surface area contributed by atoms with E-state index in [-0.39, 0.29) is 58.0 Å². The zero-order valence-electron chi connectivity index (χ0n) is 65.6. The van der Waals surface area contributed by atoms with Crippen molar-refractivity contribution in [3.8, 4) is 0 Å². The van der Waals surface area contributed by atoms with E-state index in [9.17, 15) is 129 Å². The molecule has 46 nitrogen and oxygen atoms in total. The molecule has 0 radical (unpaired) electrons. The Kier molecular flexibility index (Phi) is 40.8. The first-order valence-electron chi connectivity index (χ1n) is 38.5. The summed E-state index contributed by atoms with van der Waals surface area (Å²) in [5.74, 6) is -12.5. The van der Waals surface area contributed by atoms with Gasteiger partial charge in [0.25, 0.3) is 5.79 Å². The number of esters is 4. The molecule has 0 spiro atoms. The summed E-state index contributed by atoms with van der Waals surface area (Å²) in [5, 5.41) is 155. The van der Waals surface area contributed by atoms with E-state index in [2.05, 4.69) is 26.6 Å². The number of aliphatic carboxylic acids is 1. The second-order valence-corrected chi connectivity index (χ2v) is 29.2. The molecule has 672 valence electrons. The van der Waals surface area contributed by atoms with Crippen molar-refractivity contribution in [1.82, 2.24) is 26.6 Å². The number of benzene rings is 1. The molecule has 28 atom stereocenters. The van der Waals surface area contributed by atoms with Gasteiger partial charge in [-0.25, -0.2) is 9.36 Å². The van der Waals surface area contributed by atoms with Crippen LogP contribution in [0.25, 0.3) is 0 Å². The minimum atomic E-state index is -5.53. The van der Waals surface area contributed by atoms with Gasteiger partial charge in [-0.2, -0.15) is 0 Å². The molecule has 5 fully saturated rings. The minimum absolute atomic E-state index is 0.0391. The minimum Gasteiger partial charge on any atom is -0.477 e. The molecule has 0 bridgehead atoms. The van der Waals surface area contributed by atoms with E-state index >= 15 is 0 Å². The normalized spacial score (nSPS) is 32.1. The van der Waals surface area contributed by atoms with E-state index in [0.717, 1.165) is 0 Å². The molecule has 20 N–H and O–H groups in total. The van der Waals surface area contributed by atoms with Crippen molar-refractivity contribution in [3.63, 3.8) is 0 Å². The molecule has 5 aliphatic rings. The van der Waals surface area contributed by atoms with Crippen molar-refractivity contribution < 1.29 is 200 Å². The monoisotopic (exact) mass is 1720 g/mol. The summed E-state index contributed by atoms with van der Waals surface area (Å²) in [6, 6.07) is 3.02. The number of ether oxygens (including phenoxy) is 14. The summed E-state index contributed by atoms with van der Waals surface area (Å²) in [4.78, 5) is 151. The number of aliphatic hydroxyl groups is 12. The molecule has 5 heterocycles. The van der Waals surface area contributed by atoms with Gasteiger partial charge in [0.1, 0.15) is 116 Å². The van der Waals surface area contributed by atoms with Gasteiger partial charge in [-0.15, -0.1) is 0 Å². The van der Waals surface area contributed by atoms with Crippen LogP contribution in [0.2, 0.25) is 0 Å². The third kappa shape index (κ3) is 28.6. The van der Waals surface area contributed by atoms with E-state index in [1.165, 1.54) is 27.7 Å². The van der Waals surface area contributed by atoms with Crippen LogP contribution in [-0.4, -0.2) is 366 Å². The lowest BCUT2D eigenvalue weighted by Crippen LogP contribution is -2.71. The highest BCUT2D eigenvalue weighted by molar-refractivity contribution is 7.46. The predicted molar refractivity (Wildman–Crippen MR) is 387 cm³/mol. The van der Waals surface area contributed by atoms with Crippen molar-refractivity contribution in [1.29, 1.82) is 0 Å². The lowest BCUT2D eigenvalue weighted by Gasteiger charge is -2.50. The summed E-state index contributed by atoms with van der Waals surface area (Å²) < 4.78 is 97.8. The van der Waals surface area contributed by atoms with E-state index in [1.807, 2.05) is 0 Å². The molecular weight excluding hydrogens is 1610 g/mol. The Morgan fingerprint density at radius 1 is 0.525 bits per heavy atom. The predicted octanol–water partition coefficient (Wildman–Crippen LogP) is -7.79. The number of aliphatic hydroxyl groups excluding tert-OH is 12. The average Bonchev–Trinajstić information content (AvgIpc) is 0.751. The average molecular weight is 1720 g/mol. The number of amides is 5. The highest BCUT2D eigenvalue weighted by Crippen LogP contribution is 2.44. The van der Waals surface area contributed by atoms with Crippen LogP contribution in [0.4, 0.5) is 0 Å². The molecule has 47 heteroatoms. The molecule has 6 rings (SSSR count). The summed E-state index contributed by atoms with van der Waals surface area (Å²) in [6.45, 7) is 2.11. The Balaban J connectivity index is 1.08. The van der Waals surface area contributed by atoms with E-state index in [0.29, 0.717) is 5.56 Å². The number of carboxylic acids is 1. The van der Waals surface area contributed by atoms with Crippen molar-refractivity contribution in [2.45, 2.75) is 290 Å². The highest BCUT2D eigenvalue weighted by atomic mass is 31.2. The fraction of sp³-hybridized carbons (Fsp3) is 0.775. The van der Waals surface area contributed by atoms with Crippen molar-refractivity contribution in [2.75, 3.05) is 59.3 Å². The first-order valence-corrected chi connectivity index (χ1v) is 40.1. The van der Waals surface area contributed by atoms with Gasteiger partial charge in [-0.05, 0) is 18.4 Å². The molecule has 0 aromatic heterocycles. The van der Waals surface area contributed by atoms with Crippen molar-refractivity contribution in [3.05, 3.63) is 35.9 Å². The number of rotatable bonds is 46. The molecule has 118 heavy (non-hydrogen) atoms. The van der Waals surface area contributed by atoms with Gasteiger partial charge in [-0.1, -0.05) is 71.9 Å². The number of phosphoric acid groups is 1. The lowest BCUT2D eigenvalue weighted by atomic mass is 9.88. The maximum absolute atomic E-state index is 13.9. The second kappa shape index (κ2) is 48.1. The number of phosphoric ester groups is 1. The summed E-state index contributed by atoms with van der Waals surface area (Å²) in [6.07, 6.45) is -49.6. The lowest BCUT2D eigenvalue weighted by molar-refractivity contribution is -0.386. The van der Waals surface area contributed by atoms with Gasteiger partial charge in [0, 0.05) is 58.0 Å². The fourth-order valence-electron chi connectivity index (χ4n) is 13.1. The maximum atomic E-state index is 13.9. The van der Waals surface area contributed by atoms with Gasteiger partial charge in [-0.3, -0.25) is 47.7 Å². The van der Waals surface area contributed by atoms with Crippen LogP contribution >= 0.6 is 7.82 Å². The summed E-state index contributed by atoms with van der Waals surface area (Å²) in [7, 11) is -5.53. The molecule has 5 aliphatic heterocycles. The van der Waals surface area contributed by atoms with Gasteiger partial charge in [0.05, 0.1) is 77.7 Å². The Morgan fingerprint density at radius 3 is 1.51 bits per heavy atom. The standard InChI is InChI=1S/C71H112N5O41P/c1-7-34(106-47(88)9-3)25-45(86)75-52-62(112-49(90)11-5)56(94)41(32-105-67-53(76-46(87)26-35(8-2)107-48(89)10-4)64(113-50(91)12-6)61(40(31-80)109-67)117-118(100,101)102)111-66(52)103-22-20-72-42(83)18-19-43(84)73-21-23-104-68-58(96)57(95)60(39(30-79)110-68)114-69-59(97)65(55(93)38(29-78)108-69)116-71(70(98)99)27-36(81)51(63(115-71)54(92)37(82)28-77)74-44(85)24-33-16-14-13-15-17-33/h13-17,34-41,51-69,77-82,92-97H,7-12,18-32H2,1-6H3,(H,72,83)(H,73,84)(H,74,85)(H,75,86)(H,76,87)(H,98,99)(H2,100,101,102)/t34-,35-,36-,37-,38?,39?,40?,41?,51-,52?,53?,54-,55+,56-,57-,58?,59?,60-,61-,62-,63?,64-,65+,66-,67-,68-,69+,71+/m1/s1. The van der Waals surface area contributed by atoms with Gasteiger partial charge >= 0.3 is 37.7 Å². The van der Waals surface area contributed by atoms with Crippen molar-refractivity contribution >= 4 is 67.2 Å². The summed E-state index contributed by atoms with van der Waals surface area (Å²) in [5.41, 5.74) is 0.498. The molecule has 0 saturated carbocycles. The van der Waals surface area contributed by atoms with Crippen LogP contribution in [0.1, 0.15) is 118 Å². The van der Waals surface area contributed by atoms with Gasteiger partial charge < -0.3 is 169 Å². The quantitative estimate of drug-likeness (QED) is 0.0125. The van der Waals surface area contributed by atoms with Crippen LogP contribution in [0, 0.1) is 0 Å². The molecular formula is C71H112N5O41P. The van der Waals surface area contributed by atoms with E-state index in [1.54, 1.807) is 44.2 Å². The second-order valence-electron chi connectivity index (χ2n) is 28.1. The Morgan fingerprint density at radius 2 is 1.00 bits per heavy atom. The van der Waals surface area contributed by atoms with Crippen LogP contribution < -0.4 is 26.6 Å². The number of carbonyl (C=O) groups excluding carboxylic acids is 9. The van der Waals surface area contributed by atoms with Crippen LogP contribution in [0.5, 0.6) is 0 Å². The van der Waals surface area contributed by atoms with Crippen LogP contribution in [0.15, 0.2) is 30.3 Å².